The maximum atomic E-state index is 10.2. The summed E-state index contributed by atoms with van der Waals surface area (Å²) < 4.78 is 0. The van der Waals surface area contributed by atoms with Gasteiger partial charge in [0.05, 0.1) is 11.7 Å². The van der Waals surface area contributed by atoms with E-state index < -0.39 is 5.97 Å². The fraction of sp³-hybridized carbons (Fsp3) is 0.600. The van der Waals surface area contributed by atoms with E-state index in [2.05, 4.69) is 0 Å². The summed E-state index contributed by atoms with van der Waals surface area (Å²) in [6, 6.07) is 0. The van der Waals surface area contributed by atoms with Crippen molar-refractivity contribution in [1.82, 2.24) is 0 Å². The molecule has 0 spiro atoms. The number of Topliss-reactive ketones (excluding diaryl/α,β-unsaturated/α-hetero) is 1. The fourth-order valence-corrected chi connectivity index (χ4v) is 0.834. The van der Waals surface area contributed by atoms with Gasteiger partial charge >= 0.3 is 29.6 Å². The second-order valence-electron chi connectivity index (χ2n) is 1.57. The number of hydrogen-bond donors (Lipinski definition) is 0. The van der Waals surface area contributed by atoms with Gasteiger partial charge in [0.15, 0.2) is 0 Å². The molecule has 0 aromatic carbocycles. The number of carbonyl (C=O) groups excluding carboxylic acids is 2. The van der Waals surface area contributed by atoms with Crippen LogP contribution in [0.5, 0.6) is 0 Å². The minimum Gasteiger partial charge on any atom is -0.549 e. The number of carbonyl (C=O) groups is 2. The van der Waals surface area contributed by atoms with Crippen LogP contribution in [-0.4, -0.2) is 23.3 Å². The predicted molar refractivity (Wildman–Crippen MR) is 33.0 cm³/mol. The zero-order chi connectivity index (χ0) is 7.28. The first-order chi connectivity index (χ1) is 4.13. The van der Waals surface area contributed by atoms with Crippen molar-refractivity contribution in [1.29, 1.82) is 0 Å². The van der Waals surface area contributed by atoms with Crippen molar-refractivity contribution < 1.29 is 44.3 Å². The van der Waals surface area contributed by atoms with E-state index in [-0.39, 0.29) is 46.8 Å². The van der Waals surface area contributed by atoms with Gasteiger partial charge in [-0.2, -0.15) is 0 Å². The monoisotopic (exact) mass is 170 g/mol. The van der Waals surface area contributed by atoms with Crippen LogP contribution in [0.4, 0.5) is 0 Å². The van der Waals surface area contributed by atoms with Crippen LogP contribution >= 0.6 is 11.8 Å². The summed E-state index contributed by atoms with van der Waals surface area (Å²) in [5.41, 5.74) is 0. The van der Waals surface area contributed by atoms with E-state index in [9.17, 15) is 14.7 Å². The number of rotatable bonds is 4. The van der Waals surface area contributed by atoms with Crippen LogP contribution in [0.25, 0.3) is 0 Å². The molecule has 0 amide bonds. The Morgan fingerprint density at radius 3 is 2.20 bits per heavy atom. The van der Waals surface area contributed by atoms with E-state index in [0.717, 1.165) is 11.8 Å². The van der Waals surface area contributed by atoms with Crippen LogP contribution in [0.3, 0.4) is 0 Å². The van der Waals surface area contributed by atoms with Crippen LogP contribution in [0, 0.1) is 0 Å². The molecule has 0 atom stereocenters. The summed E-state index contributed by atoms with van der Waals surface area (Å²) in [6.45, 7) is 1.42. The van der Waals surface area contributed by atoms with Gasteiger partial charge in [0.2, 0.25) is 0 Å². The van der Waals surface area contributed by atoms with Crippen LogP contribution in [0.1, 0.15) is 6.92 Å². The summed E-state index contributed by atoms with van der Waals surface area (Å²) >= 11 is 1.06. The molecule has 3 nitrogen and oxygen atoms in total. The molecule has 0 aliphatic carbocycles. The van der Waals surface area contributed by atoms with Gasteiger partial charge < -0.3 is 9.90 Å². The summed E-state index contributed by atoms with van der Waals surface area (Å²) in [7, 11) is 0. The van der Waals surface area contributed by atoms with Crippen LogP contribution in [0.15, 0.2) is 0 Å². The first-order valence-corrected chi connectivity index (χ1v) is 3.55. The van der Waals surface area contributed by atoms with Gasteiger partial charge in [-0.1, -0.05) is 0 Å². The Hall–Kier alpha value is 0.490. The van der Waals surface area contributed by atoms with Crippen molar-refractivity contribution >= 4 is 23.5 Å². The largest absolute Gasteiger partial charge is 1.00 e. The van der Waals surface area contributed by atoms with E-state index in [1.165, 1.54) is 6.92 Å². The Morgan fingerprint density at radius 1 is 1.40 bits per heavy atom. The molecule has 0 N–H and O–H groups in total. The van der Waals surface area contributed by atoms with Gasteiger partial charge in [-0.15, -0.1) is 11.8 Å². The average Bonchev–Trinajstić information content (AvgIpc) is 1.63. The Kier molecular flexibility index (Phi) is 9.96. The van der Waals surface area contributed by atoms with Crippen molar-refractivity contribution in [3.05, 3.63) is 0 Å². The number of carboxylic acids is 1. The average molecular weight is 170 g/mol. The molecule has 0 rings (SSSR count). The third kappa shape index (κ3) is 11.3. The van der Waals surface area contributed by atoms with E-state index >= 15 is 0 Å². The van der Waals surface area contributed by atoms with Gasteiger partial charge in [-0.05, 0) is 6.92 Å². The van der Waals surface area contributed by atoms with Crippen molar-refractivity contribution in [2.24, 2.45) is 0 Å². The molecule has 5 heteroatoms. The number of hydrogen-bond acceptors (Lipinski definition) is 4. The van der Waals surface area contributed by atoms with E-state index in [4.69, 9.17) is 0 Å². The number of ketones is 1. The van der Waals surface area contributed by atoms with E-state index in [1.54, 1.807) is 0 Å². The molecule has 10 heavy (non-hydrogen) atoms. The Bertz CT molecular complexity index is 112. The molecule has 0 bridgehead atoms. The van der Waals surface area contributed by atoms with Gasteiger partial charge in [0, 0.05) is 5.75 Å². The first kappa shape index (κ1) is 13.1. The third-order valence-corrected chi connectivity index (χ3v) is 1.58. The molecular formula is C5H7NaO3S. The first-order valence-electron chi connectivity index (χ1n) is 2.40. The van der Waals surface area contributed by atoms with Crippen molar-refractivity contribution in [3.63, 3.8) is 0 Å². The minimum absolute atomic E-state index is 0. The van der Waals surface area contributed by atoms with E-state index in [1.807, 2.05) is 0 Å². The van der Waals surface area contributed by atoms with E-state index in [0.29, 0.717) is 0 Å². The van der Waals surface area contributed by atoms with Gasteiger partial charge in [-0.3, -0.25) is 4.79 Å². The maximum Gasteiger partial charge on any atom is 1.00 e. The maximum absolute atomic E-state index is 10.2. The van der Waals surface area contributed by atoms with Crippen molar-refractivity contribution in [3.8, 4) is 0 Å². The molecule has 0 saturated carbocycles. The molecule has 0 heterocycles. The smallest absolute Gasteiger partial charge is 0.549 e. The quantitative estimate of drug-likeness (QED) is 0.404. The number of carboxylic acid groups (broad SMARTS) is 1. The van der Waals surface area contributed by atoms with Crippen LogP contribution in [0.2, 0.25) is 0 Å². The fourth-order valence-electron chi connectivity index (χ4n) is 0.278. The molecule has 0 aliphatic heterocycles. The SMILES string of the molecule is CC(=O)CSCC(=O)[O-].[Na+]. The summed E-state index contributed by atoms with van der Waals surface area (Å²) in [6.07, 6.45) is 0. The number of aliphatic carboxylic acids is 1. The summed E-state index contributed by atoms with van der Waals surface area (Å²) in [5.74, 6) is -0.976. The Labute approximate surface area is 85.9 Å². The Morgan fingerprint density at radius 2 is 1.90 bits per heavy atom. The molecule has 0 aromatic heterocycles. The zero-order valence-electron chi connectivity index (χ0n) is 6.05. The predicted octanol–water partition coefficient (Wildman–Crippen LogP) is -3.94. The summed E-state index contributed by atoms with van der Waals surface area (Å²) in [4.78, 5) is 19.9. The Balaban J connectivity index is 0. The number of thioether (sulfide) groups is 1. The molecule has 0 unspecified atom stereocenters. The molecular weight excluding hydrogens is 163 g/mol. The third-order valence-electron chi connectivity index (χ3n) is 0.525. The topological polar surface area (TPSA) is 57.2 Å². The van der Waals surface area contributed by atoms with Crippen molar-refractivity contribution in [2.45, 2.75) is 6.92 Å². The molecule has 0 aromatic rings. The van der Waals surface area contributed by atoms with Crippen LogP contribution in [-0.2, 0) is 9.59 Å². The normalized spacial score (nSPS) is 8.10. The van der Waals surface area contributed by atoms with Crippen molar-refractivity contribution in [2.75, 3.05) is 11.5 Å². The molecule has 0 fully saturated rings. The second kappa shape index (κ2) is 7.60. The molecule has 0 aliphatic rings. The van der Waals surface area contributed by atoms with Gasteiger partial charge in [0.1, 0.15) is 5.78 Å². The zero-order valence-corrected chi connectivity index (χ0v) is 8.86. The molecule has 0 saturated heterocycles. The molecule has 0 radical (unpaired) electrons. The van der Waals surface area contributed by atoms with Gasteiger partial charge in [0.25, 0.3) is 0 Å². The summed E-state index contributed by atoms with van der Waals surface area (Å²) in [5, 5.41) is 9.74. The van der Waals surface area contributed by atoms with Crippen LogP contribution < -0.4 is 34.7 Å². The molecule has 52 valence electrons. The minimum atomic E-state index is -1.12. The second-order valence-corrected chi connectivity index (χ2v) is 2.55. The standard InChI is InChI=1S/C5H8O3S.Na/c1-4(6)2-9-3-5(7)8;/h2-3H2,1H3,(H,7,8);/q;+1/p-1. The van der Waals surface area contributed by atoms with Gasteiger partial charge in [-0.25, -0.2) is 0 Å².